The third-order valence-corrected chi connectivity index (χ3v) is 3.97. The summed E-state index contributed by atoms with van der Waals surface area (Å²) in [6, 6.07) is 12.5. The first-order valence-electron chi connectivity index (χ1n) is 6.73. The molecule has 100 valence electrons. The fourth-order valence-corrected chi connectivity index (χ4v) is 2.91. The Labute approximate surface area is 119 Å². The molecule has 2 aromatic rings. The van der Waals surface area contributed by atoms with E-state index in [2.05, 4.69) is 30.0 Å². The lowest BCUT2D eigenvalue weighted by Crippen LogP contribution is -2.45. The van der Waals surface area contributed by atoms with Crippen LogP contribution in [0.25, 0.3) is 16.0 Å². The second kappa shape index (κ2) is 4.45. The highest BCUT2D eigenvalue weighted by Crippen LogP contribution is 2.44. The molecule has 3 nitrogen and oxygen atoms in total. The maximum atomic E-state index is 6.34. The van der Waals surface area contributed by atoms with Crippen molar-refractivity contribution in [3.63, 3.8) is 0 Å². The lowest BCUT2D eigenvalue weighted by molar-refractivity contribution is 0.584. The van der Waals surface area contributed by atoms with Crippen molar-refractivity contribution in [2.75, 3.05) is 6.54 Å². The molecule has 0 unspecified atom stereocenters. The largest absolute Gasteiger partial charge is 0.306 e. The van der Waals surface area contributed by atoms with Crippen molar-refractivity contribution < 1.29 is 0 Å². The van der Waals surface area contributed by atoms with E-state index in [1.165, 1.54) is 11.1 Å². The number of nitrogens with zero attached hydrogens (tertiary/aromatic N) is 1. The van der Waals surface area contributed by atoms with Crippen LogP contribution in [-0.4, -0.2) is 6.54 Å². The van der Waals surface area contributed by atoms with Crippen LogP contribution in [0, 0.1) is 13.5 Å². The Morgan fingerprint density at radius 1 is 1.05 bits per heavy atom. The van der Waals surface area contributed by atoms with E-state index >= 15 is 0 Å². The number of aryl methyl sites for hydroxylation is 1. The zero-order valence-electron chi connectivity index (χ0n) is 11.6. The molecule has 3 heteroatoms. The Morgan fingerprint density at radius 3 is 2.40 bits per heavy atom. The van der Waals surface area contributed by atoms with Crippen molar-refractivity contribution in [2.24, 2.45) is 11.5 Å². The monoisotopic (exact) mass is 264 g/mol. The van der Waals surface area contributed by atoms with E-state index < -0.39 is 5.66 Å². The van der Waals surface area contributed by atoms with Crippen LogP contribution in [0.2, 0.25) is 0 Å². The number of benzene rings is 2. The highest BCUT2D eigenvalue weighted by Gasteiger charge is 2.36. The van der Waals surface area contributed by atoms with Gasteiger partial charge in [0.05, 0.1) is 0 Å². The molecule has 0 aromatic heterocycles. The van der Waals surface area contributed by atoms with Gasteiger partial charge in [0, 0.05) is 6.42 Å². The zero-order valence-corrected chi connectivity index (χ0v) is 11.6. The van der Waals surface area contributed by atoms with Gasteiger partial charge in [-0.2, -0.15) is 0 Å². The summed E-state index contributed by atoms with van der Waals surface area (Å²) in [4.78, 5) is 3.66. The minimum atomic E-state index is -0.908. The highest BCUT2D eigenvalue weighted by atomic mass is 15.0. The molecule has 3 rings (SSSR count). The molecular weight excluding hydrogens is 246 g/mol. The molecule has 2 aromatic carbocycles. The first-order chi connectivity index (χ1) is 9.54. The van der Waals surface area contributed by atoms with Gasteiger partial charge in [-0.05, 0) is 34.7 Å². The Hall–Kier alpha value is -2.15. The maximum Gasteiger partial charge on any atom is 0.267 e. The van der Waals surface area contributed by atoms with Crippen LogP contribution >= 0.6 is 0 Å². The first kappa shape index (κ1) is 12.9. The molecule has 0 fully saturated rings. The van der Waals surface area contributed by atoms with E-state index in [1.807, 2.05) is 18.2 Å². The molecule has 0 atom stereocenters. The zero-order chi connectivity index (χ0) is 14.3. The number of hydrogen-bond acceptors (Lipinski definition) is 2. The van der Waals surface area contributed by atoms with E-state index in [0.717, 1.165) is 28.7 Å². The van der Waals surface area contributed by atoms with Crippen LogP contribution in [0.4, 0.5) is 0 Å². The fourth-order valence-electron chi connectivity index (χ4n) is 2.91. The predicted molar refractivity (Wildman–Crippen MR) is 82.6 cm³/mol. The minimum absolute atomic E-state index is 0.621. The molecule has 0 spiro atoms. The average molecular weight is 264 g/mol. The topological polar surface area (TPSA) is 56.4 Å². The Morgan fingerprint density at radius 2 is 1.70 bits per heavy atom. The molecular formula is C17H18N3+. The van der Waals surface area contributed by atoms with E-state index in [9.17, 15) is 0 Å². The maximum absolute atomic E-state index is 6.34. The van der Waals surface area contributed by atoms with Gasteiger partial charge in [0.15, 0.2) is 0 Å². The van der Waals surface area contributed by atoms with Gasteiger partial charge >= 0.3 is 0 Å². The number of hydrogen-bond donors (Lipinski definition) is 2. The van der Waals surface area contributed by atoms with E-state index in [4.69, 9.17) is 18.0 Å². The van der Waals surface area contributed by atoms with Gasteiger partial charge in [0.1, 0.15) is 5.66 Å². The smallest absolute Gasteiger partial charge is 0.267 e. The second-order valence-electron chi connectivity index (χ2n) is 5.45. The molecule has 4 N–H and O–H groups in total. The number of rotatable bonds is 2. The summed E-state index contributed by atoms with van der Waals surface area (Å²) in [7, 11) is 0. The summed E-state index contributed by atoms with van der Waals surface area (Å²) in [5.41, 5.74) is 18.4. The second-order valence-corrected chi connectivity index (χ2v) is 5.45. The minimum Gasteiger partial charge on any atom is -0.306 e. The normalized spacial score (nSPS) is 14.5. The molecule has 0 radical (unpaired) electrons. The molecule has 0 heterocycles. The van der Waals surface area contributed by atoms with E-state index in [-0.39, 0.29) is 0 Å². The molecule has 20 heavy (non-hydrogen) atoms. The van der Waals surface area contributed by atoms with Gasteiger partial charge in [-0.3, -0.25) is 0 Å². The third-order valence-electron chi connectivity index (χ3n) is 3.97. The van der Waals surface area contributed by atoms with Crippen molar-refractivity contribution in [1.82, 2.24) is 0 Å². The fraction of sp³-hybridized carbons (Fsp3) is 0.235. The lowest BCUT2D eigenvalue weighted by atomic mass is 9.98. The van der Waals surface area contributed by atoms with Gasteiger partial charge in [-0.1, -0.05) is 46.8 Å². The standard InChI is InChI=1S/C17H18N3/c1-11-3-5-15-13(9-11)14-10-12(7-8-20-2)4-6-16(14)17(15,18)19/h2-6,9-10H,7-8,18-19H2,1H3/q+1. The summed E-state index contributed by atoms with van der Waals surface area (Å²) >= 11 is 0. The van der Waals surface area contributed by atoms with Crippen molar-refractivity contribution >= 4 is 0 Å². The summed E-state index contributed by atoms with van der Waals surface area (Å²) < 4.78 is 0. The highest BCUT2D eigenvalue weighted by molar-refractivity contribution is 5.81. The molecule has 0 bridgehead atoms. The lowest BCUT2D eigenvalue weighted by Gasteiger charge is -2.21. The van der Waals surface area contributed by atoms with Gasteiger partial charge < -0.3 is 11.5 Å². The van der Waals surface area contributed by atoms with Crippen LogP contribution in [0.15, 0.2) is 36.4 Å². The van der Waals surface area contributed by atoms with Crippen molar-refractivity contribution in [3.05, 3.63) is 63.5 Å². The van der Waals surface area contributed by atoms with Crippen LogP contribution < -0.4 is 11.5 Å². The number of nitrogens with two attached hydrogens (primary N) is 2. The molecule has 0 aliphatic heterocycles. The van der Waals surface area contributed by atoms with Gasteiger partial charge in [0.25, 0.3) is 13.1 Å². The Balaban J connectivity index is 2.17. The number of fused-ring (bicyclic) bond motifs is 3. The summed E-state index contributed by atoms with van der Waals surface area (Å²) in [5, 5.41) is 0. The Kier molecular flexibility index (Phi) is 2.86. The van der Waals surface area contributed by atoms with Gasteiger partial charge in [-0.25, -0.2) is 0 Å². The quantitative estimate of drug-likeness (QED) is 0.819. The van der Waals surface area contributed by atoms with Crippen molar-refractivity contribution in [1.29, 1.82) is 0 Å². The first-order valence-corrected chi connectivity index (χ1v) is 6.73. The summed E-state index contributed by atoms with van der Waals surface area (Å²) in [6.07, 6.45) is 0.826. The molecule has 1 aliphatic rings. The van der Waals surface area contributed by atoms with E-state index in [1.54, 1.807) is 0 Å². The van der Waals surface area contributed by atoms with Crippen LogP contribution in [0.5, 0.6) is 0 Å². The van der Waals surface area contributed by atoms with Crippen LogP contribution in [-0.2, 0) is 12.1 Å². The third kappa shape index (κ3) is 1.82. The molecule has 0 saturated heterocycles. The van der Waals surface area contributed by atoms with E-state index in [0.29, 0.717) is 6.54 Å². The SMILES string of the molecule is C#[N+]CCc1ccc2c(c1)-c1cc(C)ccc1C2(N)N. The van der Waals surface area contributed by atoms with Crippen LogP contribution in [0.1, 0.15) is 22.3 Å². The Bertz CT molecular complexity index is 724. The summed E-state index contributed by atoms with van der Waals surface area (Å²) in [5.74, 6) is 0. The summed E-state index contributed by atoms with van der Waals surface area (Å²) in [6.45, 7) is 7.91. The van der Waals surface area contributed by atoms with Crippen molar-refractivity contribution in [3.8, 4) is 17.7 Å². The van der Waals surface area contributed by atoms with Crippen molar-refractivity contribution in [2.45, 2.75) is 19.0 Å². The van der Waals surface area contributed by atoms with Crippen LogP contribution in [0.3, 0.4) is 0 Å². The molecule has 0 amide bonds. The molecule has 0 saturated carbocycles. The van der Waals surface area contributed by atoms with Gasteiger partial charge in [-0.15, -0.1) is 0 Å². The van der Waals surface area contributed by atoms with Gasteiger partial charge in [0.2, 0.25) is 0 Å². The molecule has 1 aliphatic carbocycles. The average Bonchev–Trinajstić information content (AvgIpc) is 2.64. The predicted octanol–water partition coefficient (Wildman–Crippen LogP) is 2.60.